The predicted octanol–water partition coefficient (Wildman–Crippen LogP) is 3.94. The van der Waals surface area contributed by atoms with E-state index in [1.54, 1.807) is 17.0 Å². The lowest BCUT2D eigenvalue weighted by atomic mass is 10.1. The molecule has 1 aromatic heterocycles. The summed E-state index contributed by atoms with van der Waals surface area (Å²) < 4.78 is 13.1. The first-order valence-electron chi connectivity index (χ1n) is 9.18. The maximum absolute atomic E-state index is 13.1. The van der Waals surface area contributed by atoms with Crippen LogP contribution in [0.15, 0.2) is 59.5 Å². The van der Waals surface area contributed by atoms with Crippen LogP contribution in [0.4, 0.5) is 4.39 Å². The molecule has 0 aliphatic carbocycles. The van der Waals surface area contributed by atoms with Gasteiger partial charge >= 0.3 is 0 Å². The maximum Gasteiger partial charge on any atom is 0.264 e. The van der Waals surface area contributed by atoms with Crippen molar-refractivity contribution in [1.82, 2.24) is 14.9 Å². The summed E-state index contributed by atoms with van der Waals surface area (Å²) in [5.41, 5.74) is 2.19. The van der Waals surface area contributed by atoms with Crippen LogP contribution in [0.5, 0.6) is 0 Å². The van der Waals surface area contributed by atoms with E-state index in [0.29, 0.717) is 18.9 Å². The fourth-order valence-corrected chi connectivity index (χ4v) is 2.91. The molecule has 0 saturated carbocycles. The number of amides is 1. The topological polar surface area (TPSA) is 66.1 Å². The Hall–Kier alpha value is -3.28. The van der Waals surface area contributed by atoms with E-state index in [1.807, 2.05) is 38.1 Å². The third kappa shape index (κ3) is 4.52. The molecule has 2 aromatic carbocycles. The van der Waals surface area contributed by atoms with Gasteiger partial charge < -0.3 is 9.88 Å². The summed E-state index contributed by atoms with van der Waals surface area (Å²) in [5, 5.41) is 0. The Morgan fingerprint density at radius 1 is 1.11 bits per heavy atom. The smallest absolute Gasteiger partial charge is 0.264 e. The van der Waals surface area contributed by atoms with Crippen molar-refractivity contribution >= 4 is 5.91 Å². The zero-order valence-corrected chi connectivity index (χ0v) is 15.9. The number of hydrogen-bond donors (Lipinski definition) is 1. The molecule has 0 aliphatic heterocycles. The Labute approximate surface area is 162 Å². The van der Waals surface area contributed by atoms with Gasteiger partial charge in [-0.3, -0.25) is 9.59 Å². The molecule has 0 bridgehead atoms. The van der Waals surface area contributed by atoms with Gasteiger partial charge in [0.2, 0.25) is 0 Å². The Bertz CT molecular complexity index is 1010. The van der Waals surface area contributed by atoms with Crippen molar-refractivity contribution in [2.45, 2.75) is 26.8 Å². The number of carbonyl (C=O) groups is 1. The SMILES string of the molecule is CCCN(Cc1ccc(F)cc1)C(=O)c1cnc(-c2ccc(C)cc2)[nH]c1=O. The average Bonchev–Trinajstić information content (AvgIpc) is 2.69. The number of H-pyrrole nitrogens is 1. The molecule has 0 atom stereocenters. The molecule has 0 aliphatic rings. The van der Waals surface area contributed by atoms with Gasteiger partial charge in [-0.1, -0.05) is 48.9 Å². The zero-order chi connectivity index (χ0) is 20.1. The third-order valence-electron chi connectivity index (χ3n) is 4.42. The summed E-state index contributed by atoms with van der Waals surface area (Å²) in [4.78, 5) is 34.0. The minimum Gasteiger partial charge on any atom is -0.334 e. The Morgan fingerprint density at radius 3 is 2.39 bits per heavy atom. The fraction of sp³-hybridized carbons (Fsp3) is 0.227. The summed E-state index contributed by atoms with van der Waals surface area (Å²) >= 11 is 0. The van der Waals surface area contributed by atoms with Crippen LogP contribution in [0.1, 0.15) is 34.8 Å². The molecule has 1 N–H and O–H groups in total. The normalized spacial score (nSPS) is 10.7. The van der Waals surface area contributed by atoms with Gasteiger partial charge in [-0.25, -0.2) is 9.37 Å². The van der Waals surface area contributed by atoms with Gasteiger partial charge in [0.25, 0.3) is 11.5 Å². The van der Waals surface area contributed by atoms with Crippen molar-refractivity contribution in [2.24, 2.45) is 0 Å². The molecular formula is C22H22FN3O2. The summed E-state index contributed by atoms with van der Waals surface area (Å²) in [6, 6.07) is 13.6. The highest BCUT2D eigenvalue weighted by atomic mass is 19.1. The number of halogens is 1. The Balaban J connectivity index is 1.85. The minimum absolute atomic E-state index is 0.00794. The average molecular weight is 379 g/mol. The van der Waals surface area contributed by atoms with E-state index in [4.69, 9.17) is 0 Å². The number of aryl methyl sites for hydroxylation is 1. The highest BCUT2D eigenvalue weighted by molar-refractivity contribution is 5.93. The van der Waals surface area contributed by atoms with E-state index >= 15 is 0 Å². The second kappa shape index (κ2) is 8.61. The lowest BCUT2D eigenvalue weighted by Gasteiger charge is -2.22. The number of carbonyl (C=O) groups excluding carboxylic acids is 1. The molecule has 0 fully saturated rings. The highest BCUT2D eigenvalue weighted by Gasteiger charge is 2.19. The highest BCUT2D eigenvalue weighted by Crippen LogP contribution is 2.15. The number of nitrogens with zero attached hydrogens (tertiary/aromatic N) is 2. The second-order valence-electron chi connectivity index (χ2n) is 6.69. The van der Waals surface area contributed by atoms with E-state index in [9.17, 15) is 14.0 Å². The molecule has 144 valence electrons. The van der Waals surface area contributed by atoms with E-state index in [2.05, 4.69) is 9.97 Å². The van der Waals surface area contributed by atoms with Crippen LogP contribution >= 0.6 is 0 Å². The molecule has 3 rings (SSSR count). The summed E-state index contributed by atoms with van der Waals surface area (Å²) in [6.45, 7) is 4.71. The van der Waals surface area contributed by atoms with Crippen molar-refractivity contribution < 1.29 is 9.18 Å². The molecule has 5 nitrogen and oxygen atoms in total. The van der Waals surface area contributed by atoms with Crippen molar-refractivity contribution in [1.29, 1.82) is 0 Å². The lowest BCUT2D eigenvalue weighted by Crippen LogP contribution is -2.35. The first kappa shape index (κ1) is 19.5. The maximum atomic E-state index is 13.1. The van der Waals surface area contributed by atoms with Crippen molar-refractivity contribution in [3.05, 3.63) is 87.6 Å². The van der Waals surface area contributed by atoms with Crippen LogP contribution in [0.25, 0.3) is 11.4 Å². The van der Waals surface area contributed by atoms with Crippen molar-refractivity contribution in [3.63, 3.8) is 0 Å². The van der Waals surface area contributed by atoms with E-state index in [0.717, 1.165) is 23.1 Å². The number of nitrogens with one attached hydrogen (secondary N) is 1. The molecule has 0 radical (unpaired) electrons. The van der Waals surface area contributed by atoms with Gasteiger partial charge in [0.1, 0.15) is 17.2 Å². The predicted molar refractivity (Wildman–Crippen MR) is 106 cm³/mol. The Morgan fingerprint density at radius 2 is 1.79 bits per heavy atom. The first-order chi connectivity index (χ1) is 13.5. The molecule has 0 saturated heterocycles. The van der Waals surface area contributed by atoms with Crippen molar-refractivity contribution in [3.8, 4) is 11.4 Å². The van der Waals surface area contributed by atoms with Crippen LogP contribution in [-0.2, 0) is 6.54 Å². The summed E-state index contributed by atoms with van der Waals surface area (Å²) in [6.07, 6.45) is 2.06. The van der Waals surface area contributed by atoms with Crippen LogP contribution in [0.2, 0.25) is 0 Å². The van der Waals surface area contributed by atoms with Crippen LogP contribution < -0.4 is 5.56 Å². The van der Waals surface area contributed by atoms with E-state index in [1.165, 1.54) is 18.3 Å². The molecule has 28 heavy (non-hydrogen) atoms. The van der Waals surface area contributed by atoms with Gasteiger partial charge in [-0.05, 0) is 31.0 Å². The van der Waals surface area contributed by atoms with E-state index in [-0.39, 0.29) is 11.4 Å². The second-order valence-corrected chi connectivity index (χ2v) is 6.69. The Kier molecular flexibility index (Phi) is 5.99. The summed E-state index contributed by atoms with van der Waals surface area (Å²) in [7, 11) is 0. The number of aromatic amines is 1. The minimum atomic E-state index is -0.476. The standard InChI is InChI=1S/C22H22FN3O2/c1-3-12-26(14-16-6-10-18(23)11-7-16)22(28)19-13-24-20(25-21(19)27)17-8-4-15(2)5-9-17/h4-11,13H,3,12,14H2,1-2H3,(H,24,25,27). The van der Waals surface area contributed by atoms with Gasteiger partial charge in [-0.15, -0.1) is 0 Å². The number of benzene rings is 2. The van der Waals surface area contributed by atoms with Crippen LogP contribution in [-0.4, -0.2) is 27.3 Å². The third-order valence-corrected chi connectivity index (χ3v) is 4.42. The van der Waals surface area contributed by atoms with E-state index < -0.39 is 11.5 Å². The van der Waals surface area contributed by atoms with Crippen LogP contribution in [0.3, 0.4) is 0 Å². The first-order valence-corrected chi connectivity index (χ1v) is 9.18. The number of aromatic nitrogens is 2. The molecule has 1 heterocycles. The molecular weight excluding hydrogens is 357 g/mol. The van der Waals surface area contributed by atoms with Crippen LogP contribution in [0, 0.1) is 12.7 Å². The molecule has 3 aromatic rings. The lowest BCUT2D eigenvalue weighted by molar-refractivity contribution is 0.0741. The van der Waals surface area contributed by atoms with Gasteiger partial charge in [0.15, 0.2) is 0 Å². The van der Waals surface area contributed by atoms with Gasteiger partial charge in [0, 0.05) is 24.8 Å². The molecule has 0 spiro atoms. The zero-order valence-electron chi connectivity index (χ0n) is 15.9. The largest absolute Gasteiger partial charge is 0.334 e. The number of rotatable bonds is 6. The quantitative estimate of drug-likeness (QED) is 0.706. The molecule has 1 amide bonds. The molecule has 6 heteroatoms. The molecule has 0 unspecified atom stereocenters. The van der Waals surface area contributed by atoms with Crippen molar-refractivity contribution in [2.75, 3.05) is 6.54 Å². The monoisotopic (exact) mass is 379 g/mol. The number of hydrogen-bond acceptors (Lipinski definition) is 3. The fourth-order valence-electron chi connectivity index (χ4n) is 2.91. The van der Waals surface area contributed by atoms with Gasteiger partial charge in [-0.2, -0.15) is 0 Å². The van der Waals surface area contributed by atoms with Gasteiger partial charge in [0.05, 0.1) is 0 Å². The summed E-state index contributed by atoms with van der Waals surface area (Å²) in [5.74, 6) is -0.304.